The minimum Gasteiger partial charge on any atom is -0.488 e. The number of rotatable bonds is 7. The third-order valence-corrected chi connectivity index (χ3v) is 7.84. The van der Waals surface area contributed by atoms with Gasteiger partial charge in [0.25, 0.3) is 5.91 Å². The number of aliphatic hydroxyl groups is 1. The SMILES string of the molecule is C[C@H]1CN([C@@H](C)CO)C(=O)c2cc(NC(=O)Nc3ccc4c(c3)OCO4)ccc2O[C@H]1CN(C)S(C)(=O)=O. The fourth-order valence-corrected chi connectivity index (χ4v) is 4.59. The Morgan fingerprint density at radius 3 is 2.42 bits per heavy atom. The molecule has 0 spiro atoms. The second-order valence-electron chi connectivity index (χ2n) is 9.52. The number of sulfonamides is 1. The molecule has 206 valence electrons. The van der Waals surface area contributed by atoms with E-state index in [1.807, 2.05) is 6.92 Å². The smallest absolute Gasteiger partial charge is 0.323 e. The van der Waals surface area contributed by atoms with E-state index < -0.39 is 28.2 Å². The van der Waals surface area contributed by atoms with Crippen molar-refractivity contribution in [1.82, 2.24) is 9.21 Å². The summed E-state index contributed by atoms with van der Waals surface area (Å²) in [4.78, 5) is 27.7. The third kappa shape index (κ3) is 6.11. The fourth-order valence-electron chi connectivity index (χ4n) is 4.17. The Morgan fingerprint density at radius 1 is 1.13 bits per heavy atom. The molecule has 3 N–H and O–H groups in total. The van der Waals surface area contributed by atoms with E-state index in [9.17, 15) is 23.1 Å². The van der Waals surface area contributed by atoms with Crippen LogP contribution in [0.3, 0.4) is 0 Å². The highest BCUT2D eigenvalue weighted by Crippen LogP contribution is 2.34. The van der Waals surface area contributed by atoms with E-state index in [2.05, 4.69) is 10.6 Å². The number of anilines is 2. The average Bonchev–Trinajstić information content (AvgIpc) is 3.33. The monoisotopic (exact) mass is 548 g/mol. The molecule has 4 rings (SSSR count). The van der Waals surface area contributed by atoms with Crippen LogP contribution in [0.1, 0.15) is 24.2 Å². The van der Waals surface area contributed by atoms with Crippen LogP contribution >= 0.6 is 0 Å². The number of hydrogen-bond acceptors (Lipinski definition) is 8. The van der Waals surface area contributed by atoms with E-state index in [0.29, 0.717) is 22.9 Å². The van der Waals surface area contributed by atoms with Gasteiger partial charge in [-0.1, -0.05) is 6.92 Å². The number of amides is 3. The maximum Gasteiger partial charge on any atom is 0.323 e. The van der Waals surface area contributed by atoms with Gasteiger partial charge in [0.2, 0.25) is 16.8 Å². The second kappa shape index (κ2) is 11.1. The average molecular weight is 549 g/mol. The van der Waals surface area contributed by atoms with Gasteiger partial charge in [-0.3, -0.25) is 4.79 Å². The number of hydrogen-bond donors (Lipinski definition) is 3. The minimum atomic E-state index is -3.46. The van der Waals surface area contributed by atoms with Crippen LogP contribution in [0.5, 0.6) is 17.2 Å². The van der Waals surface area contributed by atoms with Gasteiger partial charge in [0, 0.05) is 37.0 Å². The van der Waals surface area contributed by atoms with Crippen molar-refractivity contribution < 1.29 is 37.3 Å². The van der Waals surface area contributed by atoms with Gasteiger partial charge in [-0.15, -0.1) is 0 Å². The van der Waals surface area contributed by atoms with Crippen molar-refractivity contribution in [2.75, 3.05) is 50.4 Å². The molecule has 0 unspecified atom stereocenters. The molecule has 38 heavy (non-hydrogen) atoms. The molecule has 0 radical (unpaired) electrons. The summed E-state index contributed by atoms with van der Waals surface area (Å²) < 4.78 is 42.0. The zero-order chi connectivity index (χ0) is 27.6. The van der Waals surface area contributed by atoms with Crippen LogP contribution in [-0.4, -0.2) is 86.6 Å². The predicted octanol–water partition coefficient (Wildman–Crippen LogP) is 2.17. The quantitative estimate of drug-likeness (QED) is 0.477. The van der Waals surface area contributed by atoms with Gasteiger partial charge >= 0.3 is 6.03 Å². The van der Waals surface area contributed by atoms with Crippen molar-refractivity contribution in [3.05, 3.63) is 42.0 Å². The van der Waals surface area contributed by atoms with Gasteiger partial charge in [0.05, 0.1) is 31.0 Å². The van der Waals surface area contributed by atoms with Gasteiger partial charge < -0.3 is 34.9 Å². The molecule has 2 aliphatic rings. The van der Waals surface area contributed by atoms with Crippen LogP contribution in [0, 0.1) is 5.92 Å². The van der Waals surface area contributed by atoms with Gasteiger partial charge in [-0.25, -0.2) is 17.5 Å². The maximum absolute atomic E-state index is 13.5. The molecule has 3 amide bonds. The predicted molar refractivity (Wildman–Crippen MR) is 140 cm³/mol. The van der Waals surface area contributed by atoms with Gasteiger partial charge in [-0.2, -0.15) is 0 Å². The summed E-state index contributed by atoms with van der Waals surface area (Å²) in [6.07, 6.45) is 0.549. The molecule has 2 aromatic carbocycles. The molecule has 0 bridgehead atoms. The van der Waals surface area contributed by atoms with Crippen molar-refractivity contribution in [1.29, 1.82) is 0 Å². The number of carbonyl (C=O) groups is 2. The largest absolute Gasteiger partial charge is 0.488 e. The Kier molecular flexibility index (Phi) is 7.99. The normalized spacial score (nSPS) is 19.7. The lowest BCUT2D eigenvalue weighted by Crippen LogP contribution is -2.50. The molecule has 2 aromatic rings. The van der Waals surface area contributed by atoms with Crippen LogP contribution in [0.25, 0.3) is 0 Å². The fraction of sp³-hybridized carbons (Fsp3) is 0.440. The first kappa shape index (κ1) is 27.5. The Balaban J connectivity index is 1.58. The van der Waals surface area contributed by atoms with E-state index in [1.165, 1.54) is 22.3 Å². The highest BCUT2D eigenvalue weighted by Gasteiger charge is 2.34. The summed E-state index contributed by atoms with van der Waals surface area (Å²) in [5.74, 6) is 0.757. The molecule has 2 heterocycles. The van der Waals surface area contributed by atoms with Crippen molar-refractivity contribution in [2.24, 2.45) is 5.92 Å². The number of urea groups is 1. The number of carbonyl (C=O) groups excluding carboxylic acids is 2. The van der Waals surface area contributed by atoms with Crippen molar-refractivity contribution in [3.63, 3.8) is 0 Å². The van der Waals surface area contributed by atoms with Crippen LogP contribution in [0.2, 0.25) is 0 Å². The number of aliphatic hydroxyl groups excluding tert-OH is 1. The lowest BCUT2D eigenvalue weighted by molar-refractivity contribution is 0.0387. The second-order valence-corrected chi connectivity index (χ2v) is 11.6. The number of likely N-dealkylation sites (N-methyl/N-ethyl adjacent to an activating group) is 1. The van der Waals surface area contributed by atoms with E-state index in [-0.39, 0.29) is 49.6 Å². The third-order valence-electron chi connectivity index (χ3n) is 6.56. The first-order valence-electron chi connectivity index (χ1n) is 12.1. The number of benzene rings is 2. The number of ether oxygens (including phenoxy) is 3. The van der Waals surface area contributed by atoms with E-state index in [0.717, 1.165) is 6.26 Å². The molecule has 0 aliphatic carbocycles. The summed E-state index contributed by atoms with van der Waals surface area (Å²) in [7, 11) is -1.99. The Hall–Kier alpha value is -3.55. The number of nitrogens with one attached hydrogen (secondary N) is 2. The summed E-state index contributed by atoms with van der Waals surface area (Å²) >= 11 is 0. The molecule has 0 saturated carbocycles. The van der Waals surface area contributed by atoms with Crippen LogP contribution in [0.15, 0.2) is 36.4 Å². The van der Waals surface area contributed by atoms with Gasteiger partial charge in [0.15, 0.2) is 11.5 Å². The molecule has 2 aliphatic heterocycles. The first-order valence-corrected chi connectivity index (χ1v) is 13.9. The van der Waals surface area contributed by atoms with Gasteiger partial charge in [-0.05, 0) is 37.3 Å². The molecular formula is C25H32N4O8S. The molecule has 13 heteroatoms. The Labute approximate surface area is 221 Å². The Bertz CT molecular complexity index is 1320. The molecule has 3 atom stereocenters. The zero-order valence-electron chi connectivity index (χ0n) is 21.6. The summed E-state index contributed by atoms with van der Waals surface area (Å²) in [6.45, 7) is 3.78. The number of nitrogens with zero attached hydrogens (tertiary/aromatic N) is 2. The standard InChI is InChI=1S/C25H32N4O8S/c1-15-11-29(16(2)13-30)24(31)19-9-17(5-7-20(19)37-23(15)12-28(3)38(4,33)34)26-25(32)27-18-6-8-21-22(10-18)36-14-35-21/h5-10,15-16,23,30H,11-14H2,1-4H3,(H2,26,27,32)/t15-,16-,23-/m0/s1. The van der Waals surface area contributed by atoms with E-state index >= 15 is 0 Å². The molecule has 0 aromatic heterocycles. The van der Waals surface area contributed by atoms with Crippen LogP contribution in [-0.2, 0) is 10.0 Å². The van der Waals surface area contributed by atoms with Gasteiger partial charge in [0.1, 0.15) is 11.9 Å². The summed E-state index contributed by atoms with van der Waals surface area (Å²) in [5, 5.41) is 15.2. The van der Waals surface area contributed by atoms with E-state index in [1.54, 1.807) is 37.3 Å². The molecule has 12 nitrogen and oxygen atoms in total. The first-order chi connectivity index (χ1) is 18.0. The highest BCUT2D eigenvalue weighted by molar-refractivity contribution is 7.88. The van der Waals surface area contributed by atoms with Crippen LogP contribution in [0.4, 0.5) is 16.2 Å². The molecular weight excluding hydrogens is 516 g/mol. The molecule has 0 fully saturated rings. The summed E-state index contributed by atoms with van der Waals surface area (Å²) in [6, 6.07) is 8.64. The maximum atomic E-state index is 13.5. The van der Waals surface area contributed by atoms with Crippen molar-refractivity contribution >= 4 is 33.3 Å². The zero-order valence-corrected chi connectivity index (χ0v) is 22.4. The minimum absolute atomic E-state index is 0.0763. The summed E-state index contributed by atoms with van der Waals surface area (Å²) in [5.41, 5.74) is 1.02. The van der Waals surface area contributed by atoms with Crippen molar-refractivity contribution in [2.45, 2.75) is 26.0 Å². The topological polar surface area (TPSA) is 147 Å². The lowest BCUT2D eigenvalue weighted by atomic mass is 9.99. The van der Waals surface area contributed by atoms with Crippen molar-refractivity contribution in [3.8, 4) is 17.2 Å². The lowest BCUT2D eigenvalue weighted by Gasteiger charge is -2.38. The number of fused-ring (bicyclic) bond motifs is 2. The Morgan fingerprint density at radius 2 is 1.76 bits per heavy atom. The van der Waals surface area contributed by atoms with Crippen LogP contribution < -0.4 is 24.8 Å². The molecule has 0 saturated heterocycles. The van der Waals surface area contributed by atoms with E-state index in [4.69, 9.17) is 14.2 Å². The highest BCUT2D eigenvalue weighted by atomic mass is 32.2.